The van der Waals surface area contributed by atoms with E-state index in [0.717, 1.165) is 42.9 Å². The molecule has 8 nitrogen and oxygen atoms in total. The second kappa shape index (κ2) is 9.55. The molecule has 0 spiro atoms. The standard InChI is InChI=1S/C24H35N5O3/c1-16(2)15-29-22(32)11-10-18-17(3)25-23(26-24(18)29)19-7-4-14-28(19)21(31)9-6-13-27-12-5-8-20(27)30/h16,19H,4-15H2,1-3H3/t19-/m0/s1. The topological polar surface area (TPSA) is 86.7 Å². The van der Waals surface area contributed by atoms with Gasteiger partial charge in [0.25, 0.3) is 0 Å². The molecule has 3 aliphatic heterocycles. The number of aromatic nitrogens is 2. The van der Waals surface area contributed by atoms with E-state index in [0.29, 0.717) is 63.5 Å². The first-order valence-corrected chi connectivity index (χ1v) is 12.1. The number of carbonyl (C=O) groups excluding carboxylic acids is 3. The minimum absolute atomic E-state index is 0.105. The number of rotatable bonds is 7. The summed E-state index contributed by atoms with van der Waals surface area (Å²) >= 11 is 0. The maximum atomic E-state index is 13.0. The van der Waals surface area contributed by atoms with Crippen LogP contribution in [0.25, 0.3) is 0 Å². The summed E-state index contributed by atoms with van der Waals surface area (Å²) in [5.74, 6) is 2.17. The van der Waals surface area contributed by atoms with Crippen LogP contribution in [0.15, 0.2) is 0 Å². The highest BCUT2D eigenvalue weighted by molar-refractivity contribution is 5.95. The van der Waals surface area contributed by atoms with Crippen LogP contribution in [0.4, 0.5) is 5.82 Å². The van der Waals surface area contributed by atoms with Crippen LogP contribution >= 0.6 is 0 Å². The number of hydrogen-bond acceptors (Lipinski definition) is 5. The third-order valence-electron chi connectivity index (χ3n) is 6.76. The third kappa shape index (κ3) is 4.64. The van der Waals surface area contributed by atoms with Crippen LogP contribution in [0, 0.1) is 12.8 Å². The van der Waals surface area contributed by atoms with Crippen LogP contribution in [-0.2, 0) is 20.8 Å². The smallest absolute Gasteiger partial charge is 0.228 e. The molecule has 1 atom stereocenters. The Balaban J connectivity index is 1.49. The predicted octanol–water partition coefficient (Wildman–Crippen LogP) is 2.79. The molecule has 8 heteroatoms. The van der Waals surface area contributed by atoms with Crippen molar-refractivity contribution in [3.05, 3.63) is 17.1 Å². The lowest BCUT2D eigenvalue weighted by Crippen LogP contribution is -2.40. The molecule has 174 valence electrons. The van der Waals surface area contributed by atoms with E-state index in [1.807, 2.05) is 21.6 Å². The fraction of sp³-hybridized carbons (Fsp3) is 0.708. The number of fused-ring (bicyclic) bond motifs is 1. The molecular formula is C24H35N5O3. The monoisotopic (exact) mass is 441 g/mol. The molecule has 0 saturated carbocycles. The number of anilines is 1. The molecule has 0 aromatic carbocycles. The zero-order valence-electron chi connectivity index (χ0n) is 19.6. The summed E-state index contributed by atoms with van der Waals surface area (Å²) in [5.41, 5.74) is 1.97. The van der Waals surface area contributed by atoms with E-state index in [1.54, 1.807) is 0 Å². The highest BCUT2D eigenvalue weighted by Gasteiger charge is 2.35. The van der Waals surface area contributed by atoms with Gasteiger partial charge in [0.2, 0.25) is 17.7 Å². The van der Waals surface area contributed by atoms with E-state index in [1.165, 1.54) is 0 Å². The van der Waals surface area contributed by atoms with Crippen molar-refractivity contribution in [2.75, 3.05) is 31.1 Å². The van der Waals surface area contributed by atoms with Crippen molar-refractivity contribution in [2.45, 2.75) is 78.2 Å². The van der Waals surface area contributed by atoms with E-state index < -0.39 is 0 Å². The summed E-state index contributed by atoms with van der Waals surface area (Å²) in [7, 11) is 0. The molecule has 2 fully saturated rings. The number of nitrogens with zero attached hydrogens (tertiary/aromatic N) is 5. The second-order valence-corrected chi connectivity index (χ2v) is 9.70. The average Bonchev–Trinajstić information content (AvgIpc) is 3.39. The van der Waals surface area contributed by atoms with Crippen molar-refractivity contribution in [1.82, 2.24) is 19.8 Å². The molecule has 32 heavy (non-hydrogen) atoms. The van der Waals surface area contributed by atoms with Crippen molar-refractivity contribution in [2.24, 2.45) is 5.92 Å². The fourth-order valence-electron chi connectivity index (χ4n) is 5.14. The van der Waals surface area contributed by atoms with Gasteiger partial charge in [0.1, 0.15) is 5.82 Å². The summed E-state index contributed by atoms with van der Waals surface area (Å²) in [6.45, 7) is 9.01. The zero-order chi connectivity index (χ0) is 22.8. The Morgan fingerprint density at radius 2 is 1.88 bits per heavy atom. The molecule has 3 amide bonds. The van der Waals surface area contributed by atoms with Gasteiger partial charge in [-0.2, -0.15) is 0 Å². The van der Waals surface area contributed by atoms with Crippen LogP contribution in [0.3, 0.4) is 0 Å². The molecule has 2 saturated heterocycles. The summed E-state index contributed by atoms with van der Waals surface area (Å²) in [5, 5.41) is 0. The van der Waals surface area contributed by atoms with Gasteiger partial charge < -0.3 is 9.80 Å². The van der Waals surface area contributed by atoms with Gasteiger partial charge in [-0.15, -0.1) is 0 Å². The molecule has 1 aromatic heterocycles. The highest BCUT2D eigenvalue weighted by Crippen LogP contribution is 2.35. The van der Waals surface area contributed by atoms with Crippen molar-refractivity contribution < 1.29 is 14.4 Å². The largest absolute Gasteiger partial charge is 0.343 e. The zero-order valence-corrected chi connectivity index (χ0v) is 19.6. The SMILES string of the molecule is Cc1nc([C@@H]2CCCN2C(=O)CCCN2CCCC2=O)nc2c1CCC(=O)N2CC(C)C. The van der Waals surface area contributed by atoms with Gasteiger partial charge in [-0.3, -0.25) is 19.3 Å². The first kappa shape index (κ1) is 22.7. The Morgan fingerprint density at radius 1 is 1.06 bits per heavy atom. The third-order valence-corrected chi connectivity index (χ3v) is 6.76. The van der Waals surface area contributed by atoms with E-state index in [2.05, 4.69) is 13.8 Å². The van der Waals surface area contributed by atoms with E-state index in [-0.39, 0.29) is 23.8 Å². The van der Waals surface area contributed by atoms with E-state index >= 15 is 0 Å². The van der Waals surface area contributed by atoms with Crippen LogP contribution in [-0.4, -0.2) is 63.7 Å². The van der Waals surface area contributed by atoms with Crippen molar-refractivity contribution in [3.8, 4) is 0 Å². The van der Waals surface area contributed by atoms with Crippen LogP contribution < -0.4 is 4.90 Å². The van der Waals surface area contributed by atoms with Gasteiger partial charge in [-0.05, 0) is 44.9 Å². The number of aryl methyl sites for hydroxylation is 1. The summed E-state index contributed by atoms with van der Waals surface area (Å²) < 4.78 is 0. The first-order valence-electron chi connectivity index (χ1n) is 12.1. The highest BCUT2D eigenvalue weighted by atomic mass is 16.2. The van der Waals surface area contributed by atoms with Gasteiger partial charge in [0.15, 0.2) is 5.82 Å². The molecule has 0 N–H and O–H groups in total. The molecule has 4 rings (SSSR count). The Hall–Kier alpha value is -2.51. The van der Waals surface area contributed by atoms with Gasteiger partial charge in [0.05, 0.1) is 6.04 Å². The van der Waals surface area contributed by atoms with Crippen LogP contribution in [0.2, 0.25) is 0 Å². The molecule has 0 radical (unpaired) electrons. The number of hydrogen-bond donors (Lipinski definition) is 0. The maximum Gasteiger partial charge on any atom is 0.228 e. The van der Waals surface area contributed by atoms with Crippen molar-refractivity contribution >= 4 is 23.5 Å². The van der Waals surface area contributed by atoms with Gasteiger partial charge >= 0.3 is 0 Å². The maximum absolute atomic E-state index is 13.0. The number of carbonyl (C=O) groups is 3. The second-order valence-electron chi connectivity index (χ2n) is 9.70. The fourth-order valence-corrected chi connectivity index (χ4v) is 5.14. The Bertz CT molecular complexity index is 900. The molecule has 0 aliphatic carbocycles. The van der Waals surface area contributed by atoms with E-state index in [4.69, 9.17) is 9.97 Å². The molecule has 3 aliphatic rings. The van der Waals surface area contributed by atoms with E-state index in [9.17, 15) is 14.4 Å². The quantitative estimate of drug-likeness (QED) is 0.649. The minimum Gasteiger partial charge on any atom is -0.343 e. The van der Waals surface area contributed by atoms with Crippen molar-refractivity contribution in [1.29, 1.82) is 0 Å². The molecule has 1 aromatic rings. The Labute approximate surface area is 190 Å². The summed E-state index contributed by atoms with van der Waals surface area (Å²) in [4.78, 5) is 52.7. The van der Waals surface area contributed by atoms with Crippen LogP contribution in [0.1, 0.15) is 81.9 Å². The molecular weight excluding hydrogens is 406 g/mol. The number of amides is 3. The Kier molecular flexibility index (Phi) is 6.76. The lowest BCUT2D eigenvalue weighted by Gasteiger charge is -2.32. The summed E-state index contributed by atoms with van der Waals surface area (Å²) in [6, 6.07) is -0.141. The first-order chi connectivity index (χ1) is 15.3. The lowest BCUT2D eigenvalue weighted by atomic mass is 10.0. The molecule has 4 heterocycles. The average molecular weight is 442 g/mol. The number of likely N-dealkylation sites (tertiary alicyclic amines) is 2. The van der Waals surface area contributed by atoms with Gasteiger partial charge in [-0.1, -0.05) is 13.8 Å². The minimum atomic E-state index is -0.141. The van der Waals surface area contributed by atoms with Gasteiger partial charge in [0, 0.05) is 56.7 Å². The molecule has 0 bridgehead atoms. The Morgan fingerprint density at radius 3 is 2.59 bits per heavy atom. The van der Waals surface area contributed by atoms with Crippen LogP contribution in [0.5, 0.6) is 0 Å². The lowest BCUT2D eigenvalue weighted by molar-refractivity contribution is -0.133. The molecule has 0 unspecified atom stereocenters. The van der Waals surface area contributed by atoms with Gasteiger partial charge in [-0.25, -0.2) is 9.97 Å². The summed E-state index contributed by atoms with van der Waals surface area (Å²) in [6.07, 6.45) is 5.62. The normalized spacial score (nSPS) is 21.1. The van der Waals surface area contributed by atoms with Crippen molar-refractivity contribution in [3.63, 3.8) is 0 Å². The predicted molar refractivity (Wildman–Crippen MR) is 121 cm³/mol.